The highest BCUT2D eigenvalue weighted by Crippen LogP contribution is 2.36. The molecule has 0 unspecified atom stereocenters. The maximum absolute atomic E-state index is 12.8. The van der Waals surface area contributed by atoms with E-state index in [1.54, 1.807) is 0 Å². The van der Waals surface area contributed by atoms with Crippen LogP contribution >= 0.6 is 0 Å². The zero-order valence-corrected chi connectivity index (χ0v) is 16.1. The number of morpholine rings is 1. The molecule has 0 spiro atoms. The number of ether oxygens (including phenoxy) is 1. The molecule has 0 aliphatic carbocycles. The van der Waals surface area contributed by atoms with Gasteiger partial charge in [0.25, 0.3) is 11.8 Å². The first-order valence-corrected chi connectivity index (χ1v) is 9.71. The molecule has 0 atom stereocenters. The van der Waals surface area contributed by atoms with Gasteiger partial charge in [0.05, 0.1) is 24.4 Å². The number of para-hydroxylation sites is 1. The number of aromatic nitrogens is 1. The molecule has 1 N–H and O–H groups in total. The highest BCUT2D eigenvalue weighted by atomic mass is 16.5. The van der Waals surface area contributed by atoms with Gasteiger partial charge in [-0.05, 0) is 23.8 Å². The van der Waals surface area contributed by atoms with Gasteiger partial charge in [-0.3, -0.25) is 14.9 Å². The molecule has 146 valence electrons. The molecule has 5 rings (SSSR count). The highest BCUT2D eigenvalue weighted by molar-refractivity contribution is 6.50. The van der Waals surface area contributed by atoms with Crippen molar-refractivity contribution in [2.45, 2.75) is 0 Å². The third kappa shape index (κ3) is 2.93. The van der Waals surface area contributed by atoms with Gasteiger partial charge in [-0.2, -0.15) is 0 Å². The predicted octanol–water partition coefficient (Wildman–Crippen LogP) is 2.58. The molecule has 1 aromatic heterocycles. The lowest BCUT2D eigenvalue weighted by molar-refractivity contribution is -0.122. The van der Waals surface area contributed by atoms with Crippen LogP contribution in [0.5, 0.6) is 0 Å². The molecule has 0 bridgehead atoms. The number of benzene rings is 2. The van der Waals surface area contributed by atoms with Crippen molar-refractivity contribution >= 4 is 39.6 Å². The van der Waals surface area contributed by atoms with Gasteiger partial charge in [0, 0.05) is 48.5 Å². The minimum atomic E-state index is -0.350. The third-order valence-electron chi connectivity index (χ3n) is 5.61. The van der Waals surface area contributed by atoms with Crippen LogP contribution in [-0.4, -0.2) is 42.7 Å². The number of carbonyl (C=O) groups excluding carboxylic acids is 2. The fourth-order valence-electron chi connectivity index (χ4n) is 4.21. The van der Waals surface area contributed by atoms with Crippen molar-refractivity contribution in [1.82, 2.24) is 9.88 Å². The highest BCUT2D eigenvalue weighted by Gasteiger charge is 2.34. The number of imide groups is 1. The molecule has 3 aromatic rings. The van der Waals surface area contributed by atoms with Gasteiger partial charge < -0.3 is 14.2 Å². The molecule has 2 aromatic carbocycles. The molecule has 2 aliphatic heterocycles. The fourth-order valence-corrected chi connectivity index (χ4v) is 4.21. The molecular weight excluding hydrogens is 366 g/mol. The van der Waals surface area contributed by atoms with E-state index in [0.717, 1.165) is 40.8 Å². The van der Waals surface area contributed by atoms with Crippen molar-refractivity contribution in [3.8, 4) is 0 Å². The summed E-state index contributed by atoms with van der Waals surface area (Å²) in [6, 6.07) is 15.7. The number of fused-ring (bicyclic) bond motifs is 1. The topological polar surface area (TPSA) is 63.6 Å². The van der Waals surface area contributed by atoms with E-state index in [9.17, 15) is 9.59 Å². The van der Waals surface area contributed by atoms with Crippen LogP contribution in [0.3, 0.4) is 0 Å². The monoisotopic (exact) mass is 387 g/mol. The Morgan fingerprint density at radius 2 is 1.69 bits per heavy atom. The summed E-state index contributed by atoms with van der Waals surface area (Å²) in [5.74, 6) is -0.699. The molecule has 1 saturated heterocycles. The number of carbonyl (C=O) groups is 2. The standard InChI is InChI=1S/C23H21N3O3/c1-25-14-18(17-7-2-3-8-19(17)25)21-20(22(27)24-23(21)28)15-5-4-6-16(13-15)26-9-11-29-12-10-26/h2-8,13-14H,9-12H2,1H3,(H,24,27,28). The summed E-state index contributed by atoms with van der Waals surface area (Å²) >= 11 is 0. The van der Waals surface area contributed by atoms with Crippen molar-refractivity contribution in [2.24, 2.45) is 7.05 Å². The van der Waals surface area contributed by atoms with Crippen molar-refractivity contribution in [3.05, 3.63) is 65.9 Å². The lowest BCUT2D eigenvalue weighted by Crippen LogP contribution is -2.36. The number of anilines is 1. The van der Waals surface area contributed by atoms with Gasteiger partial charge >= 0.3 is 0 Å². The summed E-state index contributed by atoms with van der Waals surface area (Å²) in [7, 11) is 1.94. The Balaban J connectivity index is 1.68. The second-order valence-corrected chi connectivity index (χ2v) is 7.35. The first kappa shape index (κ1) is 17.7. The number of nitrogens with zero attached hydrogens (tertiary/aromatic N) is 2. The Hall–Kier alpha value is -3.38. The van der Waals surface area contributed by atoms with Crippen LogP contribution in [0, 0.1) is 0 Å². The largest absolute Gasteiger partial charge is 0.378 e. The molecular formula is C23H21N3O3. The first-order valence-electron chi connectivity index (χ1n) is 9.71. The molecule has 2 amide bonds. The van der Waals surface area contributed by atoms with Gasteiger partial charge in [-0.25, -0.2) is 0 Å². The Morgan fingerprint density at radius 3 is 2.52 bits per heavy atom. The van der Waals surface area contributed by atoms with Crippen molar-refractivity contribution in [1.29, 1.82) is 0 Å². The third-order valence-corrected chi connectivity index (χ3v) is 5.61. The maximum Gasteiger partial charge on any atom is 0.259 e. The van der Waals surface area contributed by atoms with Crippen LogP contribution in [0.2, 0.25) is 0 Å². The molecule has 0 saturated carbocycles. The average Bonchev–Trinajstić information content (AvgIpc) is 3.24. The molecule has 6 nitrogen and oxygen atoms in total. The minimum absolute atomic E-state index is 0.349. The SMILES string of the molecule is Cn1cc(C2=C(c3cccc(N4CCOCC4)c3)C(=O)NC2=O)c2ccccc21. The van der Waals surface area contributed by atoms with E-state index in [-0.39, 0.29) is 11.8 Å². The van der Waals surface area contributed by atoms with Gasteiger partial charge in [-0.1, -0.05) is 30.3 Å². The Labute approximate surface area is 168 Å². The fraction of sp³-hybridized carbons (Fsp3) is 0.217. The molecule has 2 aliphatic rings. The zero-order valence-electron chi connectivity index (χ0n) is 16.1. The van der Waals surface area contributed by atoms with Crippen LogP contribution in [-0.2, 0) is 21.4 Å². The molecule has 29 heavy (non-hydrogen) atoms. The van der Waals surface area contributed by atoms with Crippen molar-refractivity contribution < 1.29 is 14.3 Å². The van der Waals surface area contributed by atoms with E-state index in [4.69, 9.17) is 4.74 Å². The summed E-state index contributed by atoms with van der Waals surface area (Å²) in [4.78, 5) is 27.8. The Bertz CT molecular complexity index is 1170. The van der Waals surface area contributed by atoms with Crippen LogP contribution in [0.4, 0.5) is 5.69 Å². The smallest absolute Gasteiger partial charge is 0.259 e. The van der Waals surface area contributed by atoms with Gasteiger partial charge in [0.15, 0.2) is 0 Å². The first-order chi connectivity index (χ1) is 14.1. The van der Waals surface area contributed by atoms with E-state index in [2.05, 4.69) is 10.2 Å². The normalized spacial score (nSPS) is 17.3. The van der Waals surface area contributed by atoms with E-state index in [0.29, 0.717) is 24.4 Å². The number of hydrogen-bond acceptors (Lipinski definition) is 4. The number of aryl methyl sites for hydroxylation is 1. The Morgan fingerprint density at radius 1 is 0.931 bits per heavy atom. The molecule has 0 radical (unpaired) electrons. The second kappa shape index (κ2) is 6.90. The number of amides is 2. The van der Waals surface area contributed by atoms with Gasteiger partial charge in [0.2, 0.25) is 0 Å². The average molecular weight is 387 g/mol. The Kier molecular flexibility index (Phi) is 4.21. The quantitative estimate of drug-likeness (QED) is 0.702. The summed E-state index contributed by atoms with van der Waals surface area (Å²) in [6.07, 6.45) is 1.92. The summed E-state index contributed by atoms with van der Waals surface area (Å²) in [6.45, 7) is 2.99. The summed E-state index contributed by atoms with van der Waals surface area (Å²) in [5.41, 5.74) is 4.44. The van der Waals surface area contributed by atoms with E-state index in [1.807, 2.05) is 66.3 Å². The summed E-state index contributed by atoms with van der Waals surface area (Å²) in [5, 5.41) is 3.45. The second-order valence-electron chi connectivity index (χ2n) is 7.35. The lowest BCUT2D eigenvalue weighted by Gasteiger charge is -2.29. The van der Waals surface area contributed by atoms with Gasteiger partial charge in [-0.15, -0.1) is 0 Å². The summed E-state index contributed by atoms with van der Waals surface area (Å²) < 4.78 is 7.42. The van der Waals surface area contributed by atoms with Gasteiger partial charge in [0.1, 0.15) is 0 Å². The maximum atomic E-state index is 12.8. The van der Waals surface area contributed by atoms with Crippen molar-refractivity contribution in [2.75, 3.05) is 31.2 Å². The number of rotatable bonds is 3. The molecule has 6 heteroatoms. The van der Waals surface area contributed by atoms with E-state index >= 15 is 0 Å². The lowest BCUT2D eigenvalue weighted by atomic mass is 9.95. The van der Waals surface area contributed by atoms with Crippen LogP contribution in [0.25, 0.3) is 22.0 Å². The minimum Gasteiger partial charge on any atom is -0.378 e. The number of nitrogens with one attached hydrogen (secondary N) is 1. The zero-order chi connectivity index (χ0) is 20.0. The van der Waals surface area contributed by atoms with E-state index in [1.165, 1.54) is 0 Å². The van der Waals surface area contributed by atoms with E-state index < -0.39 is 0 Å². The molecule has 3 heterocycles. The van der Waals surface area contributed by atoms with Crippen LogP contribution < -0.4 is 10.2 Å². The number of hydrogen-bond donors (Lipinski definition) is 1. The molecule has 1 fully saturated rings. The van der Waals surface area contributed by atoms with Crippen LogP contribution in [0.1, 0.15) is 11.1 Å². The van der Waals surface area contributed by atoms with Crippen molar-refractivity contribution in [3.63, 3.8) is 0 Å². The van der Waals surface area contributed by atoms with Crippen LogP contribution in [0.15, 0.2) is 54.7 Å². The predicted molar refractivity (Wildman–Crippen MR) is 112 cm³/mol.